The molecule has 1 aliphatic rings. The fourth-order valence-corrected chi connectivity index (χ4v) is 1.67. The Bertz CT molecular complexity index is 226. The molecule has 0 aromatic heterocycles. The molecule has 6 nitrogen and oxygen atoms in total. The highest BCUT2D eigenvalue weighted by molar-refractivity contribution is 5.78. The normalized spacial score (nSPS) is 23.9. The molecule has 17 heavy (non-hydrogen) atoms. The van der Waals surface area contributed by atoms with Crippen molar-refractivity contribution in [2.45, 2.75) is 19.4 Å². The van der Waals surface area contributed by atoms with Crippen molar-refractivity contribution in [2.24, 2.45) is 5.92 Å². The maximum Gasteiger partial charge on any atom is 0.250 e. The van der Waals surface area contributed by atoms with Crippen LogP contribution >= 0.6 is 0 Å². The van der Waals surface area contributed by atoms with Crippen molar-refractivity contribution in [1.82, 2.24) is 10.8 Å². The molecule has 1 heterocycles. The molecule has 0 spiro atoms. The van der Waals surface area contributed by atoms with E-state index >= 15 is 0 Å². The number of hydrogen-bond acceptors (Lipinski definition) is 5. The number of hydroxylamine groups is 1. The average molecular weight is 246 g/mol. The Morgan fingerprint density at radius 3 is 2.94 bits per heavy atom. The van der Waals surface area contributed by atoms with Gasteiger partial charge in [0.1, 0.15) is 0 Å². The molecule has 100 valence electrons. The number of nitrogens with one attached hydrogen (secondary N) is 2. The van der Waals surface area contributed by atoms with Crippen LogP contribution in [-0.4, -0.2) is 52.0 Å². The maximum atomic E-state index is 11.8. The topological polar surface area (TPSA) is 68.8 Å². The third-order valence-electron chi connectivity index (χ3n) is 2.64. The highest BCUT2D eigenvalue weighted by Gasteiger charge is 2.33. The summed E-state index contributed by atoms with van der Waals surface area (Å²) in [6, 6.07) is 0.0842. The molecule has 0 radical (unpaired) electrons. The molecule has 1 rings (SSSR count). The number of carbonyl (C=O) groups excluding carboxylic acids is 1. The summed E-state index contributed by atoms with van der Waals surface area (Å²) in [7, 11) is 1.58. The maximum absolute atomic E-state index is 11.8. The van der Waals surface area contributed by atoms with Crippen molar-refractivity contribution in [3.63, 3.8) is 0 Å². The van der Waals surface area contributed by atoms with E-state index in [-0.39, 0.29) is 17.9 Å². The van der Waals surface area contributed by atoms with E-state index in [4.69, 9.17) is 14.3 Å². The first-order valence-electron chi connectivity index (χ1n) is 6.01. The summed E-state index contributed by atoms with van der Waals surface area (Å²) < 4.78 is 10.1. The molecule has 2 atom stereocenters. The molecule has 1 saturated heterocycles. The average Bonchev–Trinajstić information content (AvgIpc) is 2.80. The lowest BCUT2D eigenvalue weighted by atomic mass is 10.0. The van der Waals surface area contributed by atoms with Gasteiger partial charge in [-0.05, 0) is 13.0 Å². The zero-order chi connectivity index (χ0) is 12.5. The SMILES string of the molecule is CCCNC1COCC1C(=O)NOCCOC. The van der Waals surface area contributed by atoms with Gasteiger partial charge >= 0.3 is 0 Å². The lowest BCUT2D eigenvalue weighted by Crippen LogP contribution is -2.44. The van der Waals surface area contributed by atoms with E-state index in [1.165, 1.54) is 0 Å². The fraction of sp³-hybridized carbons (Fsp3) is 0.909. The zero-order valence-corrected chi connectivity index (χ0v) is 10.5. The standard InChI is InChI=1S/C11H22N2O4/c1-3-4-12-10-8-16-7-9(10)11(14)13-17-6-5-15-2/h9-10,12H,3-8H2,1-2H3,(H,13,14). The van der Waals surface area contributed by atoms with Crippen LogP contribution in [-0.2, 0) is 19.1 Å². The van der Waals surface area contributed by atoms with Crippen LogP contribution in [0.25, 0.3) is 0 Å². The second kappa shape index (κ2) is 8.41. The Labute approximate surface area is 102 Å². The molecule has 0 aliphatic carbocycles. The van der Waals surface area contributed by atoms with E-state index < -0.39 is 0 Å². The Morgan fingerprint density at radius 2 is 2.24 bits per heavy atom. The zero-order valence-electron chi connectivity index (χ0n) is 10.5. The van der Waals surface area contributed by atoms with Gasteiger partial charge in [-0.15, -0.1) is 0 Å². The Hall–Kier alpha value is -0.690. The van der Waals surface area contributed by atoms with Gasteiger partial charge in [0.05, 0.1) is 32.3 Å². The summed E-state index contributed by atoms with van der Waals surface area (Å²) in [5.41, 5.74) is 2.43. The summed E-state index contributed by atoms with van der Waals surface area (Å²) in [5, 5.41) is 3.30. The van der Waals surface area contributed by atoms with E-state index in [9.17, 15) is 4.79 Å². The van der Waals surface area contributed by atoms with Gasteiger partial charge in [0, 0.05) is 13.2 Å². The fourth-order valence-electron chi connectivity index (χ4n) is 1.67. The van der Waals surface area contributed by atoms with Gasteiger partial charge in [-0.2, -0.15) is 0 Å². The van der Waals surface area contributed by atoms with Gasteiger partial charge in [0.25, 0.3) is 5.91 Å². The van der Waals surface area contributed by atoms with Crippen molar-refractivity contribution >= 4 is 5.91 Å². The monoisotopic (exact) mass is 246 g/mol. The van der Waals surface area contributed by atoms with E-state index in [1.807, 2.05) is 0 Å². The molecule has 0 aromatic carbocycles. The molecule has 0 aromatic rings. The first-order valence-corrected chi connectivity index (χ1v) is 6.01. The highest BCUT2D eigenvalue weighted by atomic mass is 16.7. The third kappa shape index (κ3) is 4.99. The predicted octanol–water partition coefficient (Wildman–Crippen LogP) is -0.305. The van der Waals surface area contributed by atoms with Gasteiger partial charge in [0.2, 0.25) is 0 Å². The molecule has 2 unspecified atom stereocenters. The number of rotatable bonds is 8. The molecule has 1 amide bonds. The molecular formula is C11H22N2O4. The Morgan fingerprint density at radius 1 is 1.41 bits per heavy atom. The summed E-state index contributed by atoms with van der Waals surface area (Å²) in [4.78, 5) is 16.8. The number of ether oxygens (including phenoxy) is 2. The lowest BCUT2D eigenvalue weighted by molar-refractivity contribution is -0.139. The summed E-state index contributed by atoms with van der Waals surface area (Å²) >= 11 is 0. The number of methoxy groups -OCH3 is 1. The van der Waals surface area contributed by atoms with Crippen LogP contribution < -0.4 is 10.8 Å². The smallest absolute Gasteiger partial charge is 0.250 e. The van der Waals surface area contributed by atoms with E-state index in [0.717, 1.165) is 13.0 Å². The molecule has 1 fully saturated rings. The van der Waals surface area contributed by atoms with Gasteiger partial charge in [-0.1, -0.05) is 6.92 Å². The third-order valence-corrected chi connectivity index (χ3v) is 2.64. The second-order valence-electron chi connectivity index (χ2n) is 4.01. The molecular weight excluding hydrogens is 224 g/mol. The van der Waals surface area contributed by atoms with Crippen molar-refractivity contribution in [3.05, 3.63) is 0 Å². The lowest BCUT2D eigenvalue weighted by Gasteiger charge is -2.18. The van der Waals surface area contributed by atoms with Crippen molar-refractivity contribution < 1.29 is 19.1 Å². The second-order valence-corrected chi connectivity index (χ2v) is 4.01. The van der Waals surface area contributed by atoms with E-state index in [0.29, 0.717) is 26.4 Å². The van der Waals surface area contributed by atoms with Crippen molar-refractivity contribution in [3.8, 4) is 0 Å². The summed E-state index contributed by atoms with van der Waals surface area (Å²) in [6.45, 7) is 4.81. The Kier molecular flexibility index (Phi) is 7.11. The van der Waals surface area contributed by atoms with Crippen LogP contribution in [0.1, 0.15) is 13.3 Å². The first kappa shape index (κ1) is 14.4. The molecule has 1 aliphatic heterocycles. The predicted molar refractivity (Wildman–Crippen MR) is 62.4 cm³/mol. The minimum Gasteiger partial charge on any atom is -0.382 e. The van der Waals surface area contributed by atoms with Crippen LogP contribution in [0.4, 0.5) is 0 Å². The van der Waals surface area contributed by atoms with Crippen molar-refractivity contribution in [2.75, 3.05) is 40.1 Å². The molecule has 0 bridgehead atoms. The molecule has 0 saturated carbocycles. The van der Waals surface area contributed by atoms with E-state index in [1.54, 1.807) is 7.11 Å². The van der Waals surface area contributed by atoms with Gasteiger partial charge in [-0.3, -0.25) is 9.63 Å². The van der Waals surface area contributed by atoms with Crippen LogP contribution in [0.5, 0.6) is 0 Å². The number of carbonyl (C=O) groups is 1. The number of amides is 1. The first-order chi connectivity index (χ1) is 8.29. The minimum absolute atomic E-state index is 0.0842. The Balaban J connectivity index is 2.24. The highest BCUT2D eigenvalue weighted by Crippen LogP contribution is 2.13. The van der Waals surface area contributed by atoms with E-state index in [2.05, 4.69) is 17.7 Å². The van der Waals surface area contributed by atoms with Gasteiger partial charge in [-0.25, -0.2) is 5.48 Å². The minimum atomic E-state index is -0.177. The van der Waals surface area contributed by atoms with Crippen molar-refractivity contribution in [1.29, 1.82) is 0 Å². The quantitative estimate of drug-likeness (QED) is 0.454. The van der Waals surface area contributed by atoms with Crippen LogP contribution in [0.3, 0.4) is 0 Å². The van der Waals surface area contributed by atoms with Gasteiger partial charge < -0.3 is 14.8 Å². The van der Waals surface area contributed by atoms with Crippen LogP contribution in [0.15, 0.2) is 0 Å². The van der Waals surface area contributed by atoms with Gasteiger partial charge in [0.15, 0.2) is 0 Å². The number of hydrogen-bond donors (Lipinski definition) is 2. The summed E-state index contributed by atoms with van der Waals surface area (Å²) in [6.07, 6.45) is 1.04. The largest absolute Gasteiger partial charge is 0.382 e. The summed E-state index contributed by atoms with van der Waals surface area (Å²) in [5.74, 6) is -0.309. The molecule has 2 N–H and O–H groups in total. The van der Waals surface area contributed by atoms with Crippen LogP contribution in [0.2, 0.25) is 0 Å². The molecule has 6 heteroatoms. The van der Waals surface area contributed by atoms with Crippen LogP contribution in [0, 0.1) is 5.92 Å².